The van der Waals surface area contributed by atoms with Crippen LogP contribution in [0.4, 0.5) is 0 Å². The highest BCUT2D eigenvalue weighted by molar-refractivity contribution is 14.0. The molecule has 1 N–H and O–H groups in total. The first-order chi connectivity index (χ1) is 10.1. The van der Waals surface area contributed by atoms with Gasteiger partial charge in [0, 0.05) is 52.4 Å². The maximum absolute atomic E-state index is 4.86. The summed E-state index contributed by atoms with van der Waals surface area (Å²) in [5, 5.41) is 7.38. The predicted molar refractivity (Wildman–Crippen MR) is 98.7 cm³/mol. The van der Waals surface area contributed by atoms with E-state index >= 15 is 0 Å². The van der Waals surface area contributed by atoms with Crippen molar-refractivity contribution in [3.8, 4) is 0 Å². The summed E-state index contributed by atoms with van der Waals surface area (Å²) in [6, 6.07) is 2.37. The Morgan fingerprint density at radius 2 is 2.27 bits per heavy atom. The third-order valence-electron chi connectivity index (χ3n) is 3.94. The van der Waals surface area contributed by atoms with E-state index in [1.54, 1.807) is 13.3 Å². The zero-order chi connectivity index (χ0) is 15.2. The van der Waals surface area contributed by atoms with Gasteiger partial charge < -0.3 is 19.6 Å². The third kappa shape index (κ3) is 5.40. The van der Waals surface area contributed by atoms with Gasteiger partial charge in [0.05, 0.1) is 6.54 Å². The molecule has 7 nitrogen and oxygen atoms in total. The average Bonchev–Trinajstić information content (AvgIpc) is 2.96. The first-order valence-corrected chi connectivity index (χ1v) is 7.30. The maximum Gasteiger partial charge on any atom is 0.193 e. The van der Waals surface area contributed by atoms with Crippen LogP contribution in [0, 0.1) is 0 Å². The molecule has 2 heterocycles. The van der Waals surface area contributed by atoms with E-state index < -0.39 is 0 Å². The summed E-state index contributed by atoms with van der Waals surface area (Å²) in [5.41, 5.74) is 0.898. The summed E-state index contributed by atoms with van der Waals surface area (Å²) >= 11 is 0. The molecule has 1 saturated heterocycles. The highest BCUT2D eigenvalue weighted by Crippen LogP contribution is 2.05. The lowest BCUT2D eigenvalue weighted by molar-refractivity contribution is 0.116. The van der Waals surface area contributed by atoms with Gasteiger partial charge in [0.15, 0.2) is 5.96 Å². The van der Waals surface area contributed by atoms with E-state index in [0.29, 0.717) is 12.6 Å². The van der Waals surface area contributed by atoms with E-state index in [2.05, 4.69) is 39.4 Å². The molecule has 0 amide bonds. The van der Waals surface area contributed by atoms with Gasteiger partial charge >= 0.3 is 0 Å². The molecule has 0 spiro atoms. The smallest absolute Gasteiger partial charge is 0.193 e. The highest BCUT2D eigenvalue weighted by Gasteiger charge is 2.22. The van der Waals surface area contributed by atoms with E-state index in [9.17, 15) is 0 Å². The molecule has 1 fully saturated rings. The number of nitrogens with zero attached hydrogens (tertiary/aromatic N) is 5. The standard InChI is InChI=1S/C14H26N6O.HI/c1-15-14(20(4)10-12-5-8-21-17-12)16-9-13-11-18(2)6-7-19(13)3;/h5,8,13H,6-7,9-11H2,1-4H3,(H,15,16);1H. The molecule has 1 aromatic heterocycles. The van der Waals surface area contributed by atoms with E-state index in [-0.39, 0.29) is 24.0 Å². The van der Waals surface area contributed by atoms with Gasteiger partial charge in [-0.3, -0.25) is 9.89 Å². The van der Waals surface area contributed by atoms with Crippen LogP contribution in [-0.4, -0.2) is 86.2 Å². The summed E-state index contributed by atoms with van der Waals surface area (Å²) in [6.45, 7) is 4.88. The molecule has 22 heavy (non-hydrogen) atoms. The first kappa shape index (κ1) is 19.2. The van der Waals surface area contributed by atoms with E-state index in [0.717, 1.165) is 37.8 Å². The largest absolute Gasteiger partial charge is 0.364 e. The van der Waals surface area contributed by atoms with Crippen LogP contribution in [0.1, 0.15) is 5.69 Å². The minimum Gasteiger partial charge on any atom is -0.364 e. The van der Waals surface area contributed by atoms with Crippen molar-refractivity contribution in [3.05, 3.63) is 18.0 Å². The Kier molecular flexibility index (Phi) is 8.12. The lowest BCUT2D eigenvalue weighted by Crippen LogP contribution is -2.55. The van der Waals surface area contributed by atoms with Gasteiger partial charge in [0.25, 0.3) is 0 Å². The minimum atomic E-state index is 0. The summed E-state index contributed by atoms with van der Waals surface area (Å²) in [4.78, 5) is 11.2. The molecule has 0 aliphatic carbocycles. The van der Waals surface area contributed by atoms with Crippen LogP contribution >= 0.6 is 24.0 Å². The molecule has 0 bridgehead atoms. The lowest BCUT2D eigenvalue weighted by atomic mass is 10.2. The van der Waals surface area contributed by atoms with Crippen LogP contribution in [0.2, 0.25) is 0 Å². The summed E-state index contributed by atoms with van der Waals surface area (Å²) in [7, 11) is 8.16. The Morgan fingerprint density at radius 1 is 1.50 bits per heavy atom. The number of guanidine groups is 1. The summed E-state index contributed by atoms with van der Waals surface area (Å²) in [5.74, 6) is 0.875. The van der Waals surface area contributed by atoms with Crippen LogP contribution in [-0.2, 0) is 6.54 Å². The predicted octanol–water partition coefficient (Wildman–Crippen LogP) is 0.546. The van der Waals surface area contributed by atoms with Gasteiger partial charge in [-0.2, -0.15) is 0 Å². The van der Waals surface area contributed by atoms with Crippen LogP contribution in [0.3, 0.4) is 0 Å². The molecule has 0 aromatic carbocycles. The third-order valence-corrected chi connectivity index (χ3v) is 3.94. The van der Waals surface area contributed by atoms with Crippen molar-refractivity contribution in [1.82, 2.24) is 25.2 Å². The molecular weight excluding hydrogens is 395 g/mol. The molecule has 1 aromatic rings. The number of nitrogens with one attached hydrogen (secondary N) is 1. The van der Waals surface area contributed by atoms with Crippen LogP contribution < -0.4 is 5.32 Å². The van der Waals surface area contributed by atoms with Crippen molar-refractivity contribution < 1.29 is 4.52 Å². The molecule has 1 aliphatic heterocycles. The van der Waals surface area contributed by atoms with Gasteiger partial charge in [0.2, 0.25) is 0 Å². The number of rotatable bonds is 4. The van der Waals surface area contributed by atoms with E-state index in [1.165, 1.54) is 0 Å². The fourth-order valence-electron chi connectivity index (χ4n) is 2.55. The average molecular weight is 422 g/mol. The summed E-state index contributed by atoms with van der Waals surface area (Å²) in [6.07, 6.45) is 1.59. The Labute approximate surface area is 149 Å². The normalized spacial score (nSPS) is 20.5. The summed E-state index contributed by atoms with van der Waals surface area (Å²) < 4.78 is 4.86. The second kappa shape index (κ2) is 9.31. The Balaban J connectivity index is 0.00000242. The van der Waals surface area contributed by atoms with Gasteiger partial charge in [-0.15, -0.1) is 24.0 Å². The monoisotopic (exact) mass is 422 g/mol. The Bertz CT molecular complexity index is 452. The second-order valence-electron chi connectivity index (χ2n) is 5.67. The van der Waals surface area contributed by atoms with E-state index in [4.69, 9.17) is 4.52 Å². The van der Waals surface area contributed by atoms with Crippen LogP contribution in [0.5, 0.6) is 0 Å². The second-order valence-corrected chi connectivity index (χ2v) is 5.67. The van der Waals surface area contributed by atoms with E-state index in [1.807, 2.05) is 18.0 Å². The molecular formula is C14H27IN6O. The number of hydrogen-bond donors (Lipinski definition) is 1. The number of piperazine rings is 1. The van der Waals surface area contributed by atoms with Crippen molar-refractivity contribution >= 4 is 29.9 Å². The molecule has 0 saturated carbocycles. The quantitative estimate of drug-likeness (QED) is 0.435. The number of halogens is 1. The van der Waals surface area contributed by atoms with Crippen LogP contribution in [0.15, 0.2) is 21.8 Å². The first-order valence-electron chi connectivity index (χ1n) is 7.30. The number of likely N-dealkylation sites (N-methyl/N-ethyl adjacent to an activating group) is 2. The molecule has 8 heteroatoms. The number of aromatic nitrogens is 1. The molecule has 1 aliphatic rings. The molecule has 126 valence electrons. The van der Waals surface area contributed by atoms with Crippen molar-refractivity contribution in [2.75, 3.05) is 54.4 Å². The zero-order valence-corrected chi connectivity index (χ0v) is 16.2. The molecule has 1 unspecified atom stereocenters. The van der Waals surface area contributed by atoms with Crippen LogP contribution in [0.25, 0.3) is 0 Å². The zero-order valence-electron chi connectivity index (χ0n) is 13.8. The minimum absolute atomic E-state index is 0. The van der Waals surface area contributed by atoms with Gasteiger partial charge in [-0.05, 0) is 14.1 Å². The van der Waals surface area contributed by atoms with Crippen molar-refractivity contribution in [2.45, 2.75) is 12.6 Å². The molecule has 1 atom stereocenters. The van der Waals surface area contributed by atoms with Gasteiger partial charge in [0.1, 0.15) is 12.0 Å². The van der Waals surface area contributed by atoms with Gasteiger partial charge in [-0.1, -0.05) is 5.16 Å². The number of hydrogen-bond acceptors (Lipinski definition) is 5. The highest BCUT2D eigenvalue weighted by atomic mass is 127. The Hall–Kier alpha value is -0.870. The fourth-order valence-corrected chi connectivity index (χ4v) is 2.55. The maximum atomic E-state index is 4.86. The lowest BCUT2D eigenvalue weighted by Gasteiger charge is -2.38. The SMILES string of the molecule is CN=C(NCC1CN(C)CCN1C)N(C)Cc1ccon1.I. The fraction of sp³-hybridized carbons (Fsp3) is 0.714. The molecule has 2 rings (SSSR count). The topological polar surface area (TPSA) is 60.1 Å². The van der Waals surface area contributed by atoms with Crippen molar-refractivity contribution in [1.29, 1.82) is 0 Å². The van der Waals surface area contributed by atoms with Gasteiger partial charge in [-0.25, -0.2) is 0 Å². The Morgan fingerprint density at radius 3 is 2.91 bits per heavy atom. The number of aliphatic imine (C=N–C) groups is 1. The molecule has 0 radical (unpaired) electrons. The van der Waals surface area contributed by atoms with Crippen molar-refractivity contribution in [2.24, 2.45) is 4.99 Å². The van der Waals surface area contributed by atoms with Crippen molar-refractivity contribution in [3.63, 3.8) is 0 Å².